The van der Waals surface area contributed by atoms with Gasteiger partial charge in [-0.1, -0.05) is 18.2 Å². The van der Waals surface area contributed by atoms with E-state index in [1.165, 1.54) is 25.2 Å². The summed E-state index contributed by atoms with van der Waals surface area (Å²) in [5.41, 5.74) is -0.824. The minimum absolute atomic E-state index is 0.0702. The Kier molecular flexibility index (Phi) is 3.05. The van der Waals surface area contributed by atoms with Gasteiger partial charge < -0.3 is 5.11 Å². The lowest BCUT2D eigenvalue weighted by Gasteiger charge is -2.05. The fourth-order valence-corrected chi connectivity index (χ4v) is 1.75. The highest BCUT2D eigenvalue weighted by atomic mass is 19.4. The Labute approximate surface area is 106 Å². The zero-order valence-corrected chi connectivity index (χ0v) is 9.77. The van der Waals surface area contributed by atoms with Gasteiger partial charge in [0.15, 0.2) is 5.69 Å². The van der Waals surface area contributed by atoms with Crippen molar-refractivity contribution in [2.24, 2.45) is 7.05 Å². The Morgan fingerprint density at radius 2 is 1.95 bits per heavy atom. The third-order valence-corrected chi connectivity index (χ3v) is 2.60. The van der Waals surface area contributed by atoms with Crippen molar-refractivity contribution in [3.63, 3.8) is 0 Å². The highest BCUT2D eigenvalue weighted by Gasteiger charge is 2.35. The second kappa shape index (κ2) is 4.42. The first-order valence-corrected chi connectivity index (χ1v) is 5.24. The average molecular weight is 270 g/mol. The number of carboxylic acid groups (broad SMARTS) is 1. The van der Waals surface area contributed by atoms with Gasteiger partial charge in [-0.15, -0.1) is 0 Å². The molecule has 0 atom stereocenters. The third kappa shape index (κ3) is 2.44. The summed E-state index contributed by atoms with van der Waals surface area (Å²) in [7, 11) is 1.34. The van der Waals surface area contributed by atoms with Crippen LogP contribution in [0.4, 0.5) is 13.2 Å². The molecule has 0 fully saturated rings. The van der Waals surface area contributed by atoms with E-state index >= 15 is 0 Å². The molecule has 19 heavy (non-hydrogen) atoms. The van der Waals surface area contributed by atoms with Crippen LogP contribution >= 0.6 is 0 Å². The van der Waals surface area contributed by atoms with E-state index in [0.717, 1.165) is 10.7 Å². The molecule has 0 radical (unpaired) electrons. The van der Waals surface area contributed by atoms with Gasteiger partial charge in [-0.25, -0.2) is 4.79 Å². The molecule has 0 amide bonds. The molecule has 0 aliphatic rings. The molecule has 1 N–H and O–H groups in total. The zero-order chi connectivity index (χ0) is 14.2. The van der Waals surface area contributed by atoms with Crippen LogP contribution in [0.5, 0.6) is 0 Å². The SMILES string of the molecule is Cn1nc(C(F)(F)F)cc1-c1ccccc1C(=O)O. The Balaban J connectivity index is 2.60. The standard InChI is InChI=1S/C12H9F3N2O2/c1-17-9(6-10(16-17)12(13,14)15)7-4-2-3-5-8(7)11(18)19/h2-6H,1H3,(H,18,19). The molecule has 0 saturated carbocycles. The van der Waals surface area contributed by atoms with Crippen molar-refractivity contribution in [1.29, 1.82) is 0 Å². The number of carbonyl (C=O) groups is 1. The van der Waals surface area contributed by atoms with E-state index < -0.39 is 17.8 Å². The second-order valence-corrected chi connectivity index (χ2v) is 3.89. The van der Waals surface area contributed by atoms with Gasteiger partial charge in [0.05, 0.1) is 11.3 Å². The first-order valence-electron chi connectivity index (χ1n) is 5.24. The number of halogens is 3. The first-order chi connectivity index (χ1) is 8.80. The third-order valence-electron chi connectivity index (χ3n) is 2.60. The van der Waals surface area contributed by atoms with Gasteiger partial charge >= 0.3 is 12.1 Å². The predicted octanol–water partition coefficient (Wildman–Crippen LogP) is 2.80. The van der Waals surface area contributed by atoms with Gasteiger partial charge in [-0.2, -0.15) is 18.3 Å². The maximum atomic E-state index is 12.6. The molecule has 0 spiro atoms. The number of nitrogens with zero attached hydrogens (tertiary/aromatic N) is 2. The van der Waals surface area contributed by atoms with Gasteiger partial charge in [-0.05, 0) is 12.1 Å². The van der Waals surface area contributed by atoms with Crippen LogP contribution in [0.15, 0.2) is 30.3 Å². The second-order valence-electron chi connectivity index (χ2n) is 3.89. The lowest BCUT2D eigenvalue weighted by molar-refractivity contribution is -0.141. The number of aromatic carboxylic acids is 1. The fourth-order valence-electron chi connectivity index (χ4n) is 1.75. The number of rotatable bonds is 2. The van der Waals surface area contributed by atoms with Gasteiger partial charge in [0.2, 0.25) is 0 Å². The molecule has 0 unspecified atom stereocenters. The maximum absolute atomic E-state index is 12.6. The molecule has 1 heterocycles. The maximum Gasteiger partial charge on any atom is 0.435 e. The van der Waals surface area contributed by atoms with Crippen LogP contribution < -0.4 is 0 Å². The number of carboxylic acids is 1. The number of hydrogen-bond donors (Lipinski definition) is 1. The zero-order valence-electron chi connectivity index (χ0n) is 9.77. The van der Waals surface area contributed by atoms with Crippen molar-refractivity contribution in [2.75, 3.05) is 0 Å². The molecular formula is C12H9F3N2O2. The number of aromatic nitrogens is 2. The van der Waals surface area contributed by atoms with E-state index in [4.69, 9.17) is 5.11 Å². The van der Waals surface area contributed by atoms with Crippen molar-refractivity contribution in [1.82, 2.24) is 9.78 Å². The Morgan fingerprint density at radius 3 is 2.47 bits per heavy atom. The van der Waals surface area contributed by atoms with Crippen LogP contribution in [0.25, 0.3) is 11.3 Å². The normalized spacial score (nSPS) is 11.6. The molecule has 2 rings (SSSR count). The minimum Gasteiger partial charge on any atom is -0.478 e. The quantitative estimate of drug-likeness (QED) is 0.912. The summed E-state index contributed by atoms with van der Waals surface area (Å²) in [5.74, 6) is -1.20. The topological polar surface area (TPSA) is 55.1 Å². The van der Waals surface area contributed by atoms with E-state index in [9.17, 15) is 18.0 Å². The van der Waals surface area contributed by atoms with Crippen LogP contribution in [0.1, 0.15) is 16.1 Å². The summed E-state index contributed by atoms with van der Waals surface area (Å²) in [6.07, 6.45) is -4.56. The lowest BCUT2D eigenvalue weighted by atomic mass is 10.0. The summed E-state index contributed by atoms with van der Waals surface area (Å²) < 4.78 is 38.7. The summed E-state index contributed by atoms with van der Waals surface area (Å²) >= 11 is 0. The predicted molar refractivity (Wildman–Crippen MR) is 60.6 cm³/mol. The van der Waals surface area contributed by atoms with E-state index in [1.807, 2.05) is 0 Å². The lowest BCUT2D eigenvalue weighted by Crippen LogP contribution is -2.06. The van der Waals surface area contributed by atoms with Crippen molar-refractivity contribution in [3.8, 4) is 11.3 Å². The molecule has 100 valence electrons. The monoisotopic (exact) mass is 270 g/mol. The van der Waals surface area contributed by atoms with Crippen LogP contribution in [0.2, 0.25) is 0 Å². The van der Waals surface area contributed by atoms with Gasteiger partial charge in [-0.3, -0.25) is 4.68 Å². The van der Waals surface area contributed by atoms with E-state index in [-0.39, 0.29) is 16.8 Å². The molecule has 0 aliphatic carbocycles. The largest absolute Gasteiger partial charge is 0.478 e. The van der Waals surface area contributed by atoms with Crippen LogP contribution in [0.3, 0.4) is 0 Å². The summed E-state index contributed by atoms with van der Waals surface area (Å²) in [5, 5.41) is 12.4. The first kappa shape index (κ1) is 13.1. The van der Waals surface area contributed by atoms with Crippen LogP contribution in [-0.2, 0) is 13.2 Å². The molecule has 4 nitrogen and oxygen atoms in total. The highest BCUT2D eigenvalue weighted by molar-refractivity contribution is 5.95. The van der Waals surface area contributed by atoms with Crippen molar-refractivity contribution < 1.29 is 23.1 Å². The van der Waals surface area contributed by atoms with E-state index in [0.29, 0.717) is 0 Å². The number of hydrogen-bond acceptors (Lipinski definition) is 2. The van der Waals surface area contributed by atoms with Gasteiger partial charge in [0, 0.05) is 12.6 Å². The molecule has 1 aromatic heterocycles. The van der Waals surface area contributed by atoms with E-state index in [2.05, 4.69) is 5.10 Å². The highest BCUT2D eigenvalue weighted by Crippen LogP contribution is 2.32. The Morgan fingerprint density at radius 1 is 1.32 bits per heavy atom. The molecule has 0 saturated heterocycles. The molecule has 7 heteroatoms. The van der Waals surface area contributed by atoms with E-state index in [1.54, 1.807) is 6.07 Å². The number of alkyl halides is 3. The average Bonchev–Trinajstić information content (AvgIpc) is 2.71. The smallest absolute Gasteiger partial charge is 0.435 e. The summed E-state index contributed by atoms with van der Waals surface area (Å²) in [4.78, 5) is 11.1. The minimum atomic E-state index is -4.56. The Bertz CT molecular complexity index is 632. The fraction of sp³-hybridized carbons (Fsp3) is 0.167. The van der Waals surface area contributed by atoms with Crippen molar-refractivity contribution >= 4 is 5.97 Å². The van der Waals surface area contributed by atoms with Crippen LogP contribution in [0, 0.1) is 0 Å². The molecular weight excluding hydrogens is 261 g/mol. The summed E-state index contributed by atoms with van der Waals surface area (Å²) in [6.45, 7) is 0. The van der Waals surface area contributed by atoms with Gasteiger partial charge in [0.25, 0.3) is 0 Å². The molecule has 1 aromatic carbocycles. The molecule has 2 aromatic rings. The molecule has 0 bridgehead atoms. The van der Waals surface area contributed by atoms with Crippen molar-refractivity contribution in [2.45, 2.75) is 6.18 Å². The number of benzene rings is 1. The Hall–Kier alpha value is -2.31. The van der Waals surface area contributed by atoms with Crippen molar-refractivity contribution in [3.05, 3.63) is 41.6 Å². The van der Waals surface area contributed by atoms with Crippen LogP contribution in [-0.4, -0.2) is 20.9 Å². The summed E-state index contributed by atoms with van der Waals surface area (Å²) in [6, 6.07) is 6.68. The van der Waals surface area contributed by atoms with Gasteiger partial charge in [0.1, 0.15) is 0 Å². The number of aryl methyl sites for hydroxylation is 1. The molecule has 0 aliphatic heterocycles.